The maximum atomic E-state index is 11.1. The molecule has 78 valence electrons. The first-order valence-electron chi connectivity index (χ1n) is 3.15. The van der Waals surface area contributed by atoms with E-state index in [-0.39, 0.29) is 0 Å². The quantitative estimate of drug-likeness (QED) is 0.486. The zero-order valence-electron chi connectivity index (χ0n) is 6.41. The molecule has 0 saturated heterocycles. The average molecular weight is 243 g/mol. The zero-order valence-corrected chi connectivity index (χ0v) is 7.99. The van der Waals surface area contributed by atoms with Gasteiger partial charge in [0.15, 0.2) is 5.03 Å². The first kappa shape index (κ1) is 10.9. The fraction of sp³-hybridized carbons (Fsp3) is 0.500. The Kier molecular flexibility index (Phi) is 2.46. The molecule has 0 radical (unpaired) electrons. The van der Waals surface area contributed by atoms with Crippen LogP contribution in [0.4, 0.5) is 0 Å². The second-order valence-corrected chi connectivity index (χ2v) is 4.96. The van der Waals surface area contributed by atoms with Crippen LogP contribution in [-0.4, -0.2) is 29.4 Å². The lowest BCUT2D eigenvalue weighted by molar-refractivity contribution is -0.487. The van der Waals surface area contributed by atoms with E-state index in [4.69, 9.17) is 11.6 Å². The molecule has 1 atom stereocenters. The SMILES string of the molecule is O=[N+]([O-])C1=C(Cl)C([N+](=O)[O-])S(=O)(=O)C1. The van der Waals surface area contributed by atoms with Crippen LogP contribution < -0.4 is 0 Å². The number of hydrogen-bond acceptors (Lipinski definition) is 6. The molecule has 1 aliphatic rings. The van der Waals surface area contributed by atoms with E-state index < -0.39 is 41.5 Å². The van der Waals surface area contributed by atoms with Crippen molar-refractivity contribution in [1.82, 2.24) is 0 Å². The van der Waals surface area contributed by atoms with E-state index in [1.165, 1.54) is 0 Å². The summed E-state index contributed by atoms with van der Waals surface area (Å²) in [6, 6.07) is 0. The highest BCUT2D eigenvalue weighted by Crippen LogP contribution is 2.30. The molecule has 0 amide bonds. The molecule has 1 rings (SSSR count). The Labute approximate surface area is 82.4 Å². The van der Waals surface area contributed by atoms with Crippen LogP contribution in [0.15, 0.2) is 10.7 Å². The van der Waals surface area contributed by atoms with Gasteiger partial charge in [-0.25, -0.2) is 8.42 Å². The van der Waals surface area contributed by atoms with Crippen molar-refractivity contribution in [2.75, 3.05) is 5.75 Å². The van der Waals surface area contributed by atoms with Gasteiger partial charge in [0.2, 0.25) is 9.84 Å². The minimum absolute atomic E-state index is 0.826. The number of nitrogens with zero attached hydrogens (tertiary/aromatic N) is 2. The van der Waals surface area contributed by atoms with Gasteiger partial charge in [-0.2, -0.15) is 0 Å². The van der Waals surface area contributed by atoms with Crippen LogP contribution >= 0.6 is 11.6 Å². The molecule has 1 heterocycles. The fourth-order valence-electron chi connectivity index (χ4n) is 1.00. The Balaban J connectivity index is 3.30. The molecule has 1 unspecified atom stereocenters. The fourth-order valence-corrected chi connectivity index (χ4v) is 3.22. The Bertz CT molecular complexity index is 439. The van der Waals surface area contributed by atoms with E-state index in [0.717, 1.165) is 0 Å². The molecule has 1 aliphatic heterocycles. The summed E-state index contributed by atoms with van der Waals surface area (Å²) in [6.45, 7) is 0. The minimum Gasteiger partial charge on any atom is -0.263 e. The number of sulfone groups is 1. The van der Waals surface area contributed by atoms with Gasteiger partial charge in [0, 0.05) is 4.92 Å². The van der Waals surface area contributed by atoms with Crippen LogP contribution in [0.3, 0.4) is 0 Å². The van der Waals surface area contributed by atoms with Crippen LogP contribution in [0.25, 0.3) is 0 Å². The Morgan fingerprint density at radius 1 is 1.36 bits per heavy atom. The maximum Gasteiger partial charge on any atom is 0.352 e. The molecule has 0 aromatic heterocycles. The number of hydrogen-bond donors (Lipinski definition) is 0. The lowest BCUT2D eigenvalue weighted by atomic mass is 10.4. The topological polar surface area (TPSA) is 120 Å². The van der Waals surface area contributed by atoms with Crippen molar-refractivity contribution in [2.45, 2.75) is 5.37 Å². The van der Waals surface area contributed by atoms with E-state index in [1.54, 1.807) is 0 Å². The van der Waals surface area contributed by atoms with Crippen LogP contribution in [-0.2, 0) is 9.84 Å². The molecule has 0 aromatic carbocycles. The van der Waals surface area contributed by atoms with Gasteiger partial charge >= 0.3 is 5.37 Å². The number of halogens is 1. The van der Waals surface area contributed by atoms with Crippen molar-refractivity contribution in [2.24, 2.45) is 0 Å². The minimum atomic E-state index is -4.18. The van der Waals surface area contributed by atoms with Gasteiger partial charge in [-0.1, -0.05) is 11.6 Å². The molecule has 0 fully saturated rings. The molecule has 10 heteroatoms. The van der Waals surface area contributed by atoms with Gasteiger partial charge in [0.05, 0.1) is 4.92 Å². The predicted octanol–water partition coefficient (Wildman–Crippen LogP) is -0.255. The summed E-state index contributed by atoms with van der Waals surface area (Å²) in [5, 5.41) is 17.5. The molecule has 0 bridgehead atoms. The largest absolute Gasteiger partial charge is 0.352 e. The first-order chi connectivity index (χ1) is 6.27. The van der Waals surface area contributed by atoms with Gasteiger partial charge in [0.1, 0.15) is 5.75 Å². The Morgan fingerprint density at radius 2 is 1.86 bits per heavy atom. The molecule has 0 N–H and O–H groups in total. The van der Waals surface area contributed by atoms with Crippen molar-refractivity contribution in [3.63, 3.8) is 0 Å². The van der Waals surface area contributed by atoms with Crippen molar-refractivity contribution < 1.29 is 18.3 Å². The van der Waals surface area contributed by atoms with Crippen molar-refractivity contribution in [3.8, 4) is 0 Å². The second-order valence-electron chi connectivity index (χ2n) is 2.50. The van der Waals surface area contributed by atoms with Crippen molar-refractivity contribution in [3.05, 3.63) is 31.0 Å². The highest BCUT2D eigenvalue weighted by molar-refractivity contribution is 7.92. The van der Waals surface area contributed by atoms with Gasteiger partial charge in [-0.15, -0.1) is 0 Å². The molecule has 0 saturated carbocycles. The lowest BCUT2D eigenvalue weighted by Crippen LogP contribution is -2.26. The number of rotatable bonds is 2. The molecule has 8 nitrogen and oxygen atoms in total. The highest BCUT2D eigenvalue weighted by Gasteiger charge is 2.52. The standard InChI is InChI=1S/C4H3ClN2O6S/c5-3-2(6(8)9)1-14(12,13)4(3)7(10)11/h4H,1H2. The van der Waals surface area contributed by atoms with E-state index >= 15 is 0 Å². The van der Waals surface area contributed by atoms with Crippen LogP contribution in [0.5, 0.6) is 0 Å². The average Bonchev–Trinajstić information content (AvgIpc) is 2.20. The van der Waals surface area contributed by atoms with E-state index in [0.29, 0.717) is 0 Å². The first-order valence-corrected chi connectivity index (χ1v) is 5.24. The Morgan fingerprint density at radius 3 is 2.07 bits per heavy atom. The summed E-state index contributed by atoms with van der Waals surface area (Å²) in [7, 11) is -4.18. The van der Waals surface area contributed by atoms with E-state index in [9.17, 15) is 28.6 Å². The van der Waals surface area contributed by atoms with Gasteiger partial charge in [0.25, 0.3) is 5.70 Å². The van der Waals surface area contributed by atoms with Gasteiger partial charge in [-0.05, 0) is 0 Å². The van der Waals surface area contributed by atoms with Crippen molar-refractivity contribution >= 4 is 21.4 Å². The molecular weight excluding hydrogens is 240 g/mol. The third-order valence-electron chi connectivity index (χ3n) is 1.58. The van der Waals surface area contributed by atoms with Crippen LogP contribution in [0.2, 0.25) is 0 Å². The van der Waals surface area contributed by atoms with Crippen molar-refractivity contribution in [1.29, 1.82) is 0 Å². The second kappa shape index (κ2) is 3.17. The summed E-state index contributed by atoms with van der Waals surface area (Å²) >= 11 is 5.24. The summed E-state index contributed by atoms with van der Waals surface area (Å²) in [6.07, 6.45) is 0. The smallest absolute Gasteiger partial charge is 0.263 e. The zero-order chi connectivity index (χ0) is 11.1. The molecule has 0 aromatic rings. The Hall–Kier alpha value is -1.22. The predicted molar refractivity (Wildman–Crippen MR) is 44.4 cm³/mol. The van der Waals surface area contributed by atoms with E-state index in [1.807, 2.05) is 0 Å². The van der Waals surface area contributed by atoms with Crippen LogP contribution in [0, 0.1) is 20.2 Å². The lowest BCUT2D eigenvalue weighted by Gasteiger charge is -1.98. The summed E-state index contributed by atoms with van der Waals surface area (Å²) in [5.74, 6) is -0.996. The number of nitro groups is 2. The molecular formula is C4H3ClN2O6S. The van der Waals surface area contributed by atoms with Crippen LogP contribution in [0.1, 0.15) is 0 Å². The highest BCUT2D eigenvalue weighted by atomic mass is 35.5. The molecule has 14 heavy (non-hydrogen) atoms. The summed E-state index contributed by atoms with van der Waals surface area (Å²) < 4.78 is 22.1. The normalized spacial score (nSPS) is 25.1. The van der Waals surface area contributed by atoms with E-state index in [2.05, 4.69) is 0 Å². The maximum absolute atomic E-state index is 11.1. The molecule has 0 spiro atoms. The monoisotopic (exact) mass is 242 g/mol. The van der Waals surface area contributed by atoms with Gasteiger partial charge < -0.3 is 0 Å². The summed E-state index contributed by atoms with van der Waals surface area (Å²) in [4.78, 5) is 18.3. The third-order valence-corrected chi connectivity index (χ3v) is 3.90. The van der Waals surface area contributed by atoms with Gasteiger partial charge in [-0.3, -0.25) is 20.2 Å². The third kappa shape index (κ3) is 1.55. The molecule has 0 aliphatic carbocycles. The summed E-state index contributed by atoms with van der Waals surface area (Å²) in [5.41, 5.74) is -0.826.